The highest BCUT2D eigenvalue weighted by Crippen LogP contribution is 2.15. The first kappa shape index (κ1) is 14.6. The van der Waals surface area contributed by atoms with Gasteiger partial charge in [0.2, 0.25) is 5.95 Å². The maximum Gasteiger partial charge on any atom is 0.239 e. The van der Waals surface area contributed by atoms with Gasteiger partial charge in [0, 0.05) is 13.2 Å². The zero-order valence-electron chi connectivity index (χ0n) is 10.5. The Morgan fingerprint density at radius 3 is 2.89 bits per heavy atom. The highest BCUT2D eigenvalue weighted by molar-refractivity contribution is 5.40. The molecular formula is C11H20FN5O. The maximum atomic E-state index is 13.4. The molecule has 0 aliphatic heterocycles. The second-order valence-corrected chi connectivity index (χ2v) is 4.08. The molecule has 0 bridgehead atoms. The smallest absolute Gasteiger partial charge is 0.239 e. The van der Waals surface area contributed by atoms with Gasteiger partial charge in [-0.1, -0.05) is 13.3 Å². The molecule has 7 heteroatoms. The van der Waals surface area contributed by atoms with Gasteiger partial charge >= 0.3 is 0 Å². The van der Waals surface area contributed by atoms with Crippen molar-refractivity contribution in [3.05, 3.63) is 12.0 Å². The molecule has 1 heterocycles. The van der Waals surface area contributed by atoms with Crippen LogP contribution in [0.5, 0.6) is 0 Å². The molecule has 0 aliphatic rings. The monoisotopic (exact) mass is 257 g/mol. The number of aliphatic hydroxyl groups excluding tert-OH is 1. The summed E-state index contributed by atoms with van der Waals surface area (Å²) < 4.78 is 13.4. The first-order chi connectivity index (χ1) is 8.71. The lowest BCUT2D eigenvalue weighted by Gasteiger charge is -2.16. The van der Waals surface area contributed by atoms with Crippen molar-refractivity contribution in [3.63, 3.8) is 0 Å². The van der Waals surface area contributed by atoms with E-state index in [0.29, 0.717) is 18.9 Å². The van der Waals surface area contributed by atoms with Crippen molar-refractivity contribution < 1.29 is 9.50 Å². The lowest BCUT2D eigenvalue weighted by Crippen LogP contribution is -2.18. The lowest BCUT2D eigenvalue weighted by molar-refractivity contribution is 0.255. The summed E-state index contributed by atoms with van der Waals surface area (Å²) in [5.41, 5.74) is 2.26. The van der Waals surface area contributed by atoms with E-state index < -0.39 is 5.82 Å². The molecule has 0 aromatic carbocycles. The van der Waals surface area contributed by atoms with Gasteiger partial charge in [-0.25, -0.2) is 15.2 Å². The summed E-state index contributed by atoms with van der Waals surface area (Å²) in [7, 11) is 0. The number of hydrogen-bond donors (Lipinski definition) is 4. The van der Waals surface area contributed by atoms with Gasteiger partial charge < -0.3 is 10.4 Å². The zero-order chi connectivity index (χ0) is 13.4. The van der Waals surface area contributed by atoms with Crippen molar-refractivity contribution in [3.8, 4) is 0 Å². The molecule has 1 unspecified atom stereocenters. The molecule has 0 fully saturated rings. The van der Waals surface area contributed by atoms with Crippen LogP contribution in [0.15, 0.2) is 6.20 Å². The van der Waals surface area contributed by atoms with Crippen LogP contribution in [0.2, 0.25) is 0 Å². The standard InChI is InChI=1S/C11H20FN5O/c1-2-3-8(4-5-18)6-14-10-9(12)7-15-11(16-10)17-13/h7-8,18H,2-6,13H2,1H3,(H2,14,15,16,17). The molecule has 1 rings (SSSR count). The van der Waals surface area contributed by atoms with E-state index in [1.54, 1.807) is 0 Å². The van der Waals surface area contributed by atoms with Gasteiger partial charge in [-0.05, 0) is 18.8 Å². The van der Waals surface area contributed by atoms with Crippen LogP contribution >= 0.6 is 0 Å². The Bertz CT molecular complexity index is 357. The number of halogens is 1. The highest BCUT2D eigenvalue weighted by atomic mass is 19.1. The van der Waals surface area contributed by atoms with Gasteiger partial charge in [-0.15, -0.1) is 0 Å². The number of nitrogens with zero attached hydrogens (tertiary/aromatic N) is 2. The van der Waals surface area contributed by atoms with Crippen LogP contribution in [0.1, 0.15) is 26.2 Å². The predicted octanol–water partition coefficient (Wildman–Crippen LogP) is 1.11. The fourth-order valence-corrected chi connectivity index (χ4v) is 1.74. The molecule has 1 aromatic heterocycles. The SMILES string of the molecule is CCCC(CCO)CNc1nc(NN)ncc1F. The van der Waals surface area contributed by atoms with Crippen LogP contribution < -0.4 is 16.6 Å². The quantitative estimate of drug-likeness (QED) is 0.411. The Labute approximate surface area is 106 Å². The van der Waals surface area contributed by atoms with E-state index in [2.05, 4.69) is 27.6 Å². The van der Waals surface area contributed by atoms with Crippen LogP contribution in [0.4, 0.5) is 16.2 Å². The largest absolute Gasteiger partial charge is 0.396 e. The first-order valence-corrected chi connectivity index (χ1v) is 6.05. The van der Waals surface area contributed by atoms with Gasteiger partial charge in [-0.3, -0.25) is 5.43 Å². The summed E-state index contributed by atoms with van der Waals surface area (Å²) in [6.45, 7) is 2.77. The van der Waals surface area contributed by atoms with E-state index >= 15 is 0 Å². The number of hydrazine groups is 1. The lowest BCUT2D eigenvalue weighted by atomic mass is 10.0. The summed E-state index contributed by atoms with van der Waals surface area (Å²) in [6.07, 6.45) is 3.75. The molecule has 0 saturated carbocycles. The third-order valence-corrected chi connectivity index (χ3v) is 2.67. The number of rotatable bonds is 8. The molecule has 1 atom stereocenters. The van der Waals surface area contributed by atoms with E-state index in [4.69, 9.17) is 10.9 Å². The van der Waals surface area contributed by atoms with Crippen LogP contribution in [-0.2, 0) is 0 Å². The second kappa shape index (κ2) is 7.78. The van der Waals surface area contributed by atoms with Gasteiger partial charge in [-0.2, -0.15) is 4.98 Å². The van der Waals surface area contributed by atoms with Crippen molar-refractivity contribution in [1.82, 2.24) is 9.97 Å². The predicted molar refractivity (Wildman–Crippen MR) is 68.4 cm³/mol. The summed E-state index contributed by atoms with van der Waals surface area (Å²) >= 11 is 0. The Morgan fingerprint density at radius 1 is 1.50 bits per heavy atom. The number of nitrogens with one attached hydrogen (secondary N) is 2. The summed E-state index contributed by atoms with van der Waals surface area (Å²) in [4.78, 5) is 7.54. The summed E-state index contributed by atoms with van der Waals surface area (Å²) in [6, 6.07) is 0. The number of nitrogens with two attached hydrogens (primary N) is 1. The highest BCUT2D eigenvalue weighted by Gasteiger charge is 2.10. The number of hydrogen-bond acceptors (Lipinski definition) is 6. The van der Waals surface area contributed by atoms with E-state index in [0.717, 1.165) is 19.0 Å². The number of nitrogen functional groups attached to an aromatic ring is 1. The molecule has 0 spiro atoms. The Morgan fingerprint density at radius 2 is 2.28 bits per heavy atom. The van der Waals surface area contributed by atoms with Crippen LogP contribution in [0.25, 0.3) is 0 Å². The Hall–Kier alpha value is -1.47. The minimum Gasteiger partial charge on any atom is -0.396 e. The molecule has 0 saturated heterocycles. The average Bonchev–Trinajstić information content (AvgIpc) is 2.38. The molecule has 0 radical (unpaired) electrons. The second-order valence-electron chi connectivity index (χ2n) is 4.08. The van der Waals surface area contributed by atoms with Gasteiger partial charge in [0.25, 0.3) is 0 Å². The first-order valence-electron chi connectivity index (χ1n) is 6.05. The maximum absolute atomic E-state index is 13.4. The minimum absolute atomic E-state index is 0.122. The van der Waals surface area contributed by atoms with E-state index in [-0.39, 0.29) is 18.4 Å². The van der Waals surface area contributed by atoms with Gasteiger partial charge in [0.1, 0.15) is 0 Å². The molecule has 1 aromatic rings. The average molecular weight is 257 g/mol. The third kappa shape index (κ3) is 4.42. The third-order valence-electron chi connectivity index (χ3n) is 2.67. The van der Waals surface area contributed by atoms with E-state index in [1.807, 2.05) is 0 Å². The molecule has 6 nitrogen and oxygen atoms in total. The molecule has 102 valence electrons. The van der Waals surface area contributed by atoms with Crippen molar-refractivity contribution >= 4 is 11.8 Å². The van der Waals surface area contributed by atoms with Gasteiger partial charge in [0.05, 0.1) is 6.20 Å². The van der Waals surface area contributed by atoms with E-state index in [1.165, 1.54) is 0 Å². The minimum atomic E-state index is -0.520. The number of aliphatic hydroxyl groups is 1. The van der Waals surface area contributed by atoms with Crippen LogP contribution in [-0.4, -0.2) is 28.2 Å². The molecule has 5 N–H and O–H groups in total. The van der Waals surface area contributed by atoms with Crippen molar-refractivity contribution in [2.75, 3.05) is 23.9 Å². The zero-order valence-corrected chi connectivity index (χ0v) is 10.5. The summed E-state index contributed by atoms with van der Waals surface area (Å²) in [5, 5.41) is 11.9. The fourth-order valence-electron chi connectivity index (χ4n) is 1.74. The van der Waals surface area contributed by atoms with E-state index in [9.17, 15) is 4.39 Å². The molecule has 0 amide bonds. The Balaban J connectivity index is 2.60. The topological polar surface area (TPSA) is 96.1 Å². The molecule has 0 aliphatic carbocycles. The number of anilines is 2. The van der Waals surface area contributed by atoms with Crippen LogP contribution in [0, 0.1) is 11.7 Å². The number of aromatic nitrogens is 2. The van der Waals surface area contributed by atoms with Crippen molar-refractivity contribution in [2.24, 2.45) is 11.8 Å². The van der Waals surface area contributed by atoms with Gasteiger partial charge in [0.15, 0.2) is 11.6 Å². The molecular weight excluding hydrogens is 237 g/mol. The summed E-state index contributed by atoms with van der Waals surface area (Å²) in [5.74, 6) is 5.22. The normalized spacial score (nSPS) is 12.2. The van der Waals surface area contributed by atoms with Crippen molar-refractivity contribution in [2.45, 2.75) is 26.2 Å². The Kier molecular flexibility index (Phi) is 6.31. The van der Waals surface area contributed by atoms with Crippen molar-refractivity contribution in [1.29, 1.82) is 0 Å². The van der Waals surface area contributed by atoms with Crippen LogP contribution in [0.3, 0.4) is 0 Å². The fraction of sp³-hybridized carbons (Fsp3) is 0.636. The molecule has 18 heavy (non-hydrogen) atoms.